The molecule has 192 valence electrons. The van der Waals surface area contributed by atoms with E-state index in [-0.39, 0.29) is 17.9 Å². The van der Waals surface area contributed by atoms with Gasteiger partial charge in [0.25, 0.3) is 5.91 Å². The molecule has 2 amide bonds. The fraction of sp³-hybridized carbons (Fsp3) is 0.538. The average Bonchev–Trinajstić information content (AvgIpc) is 3.20. The molecule has 2 aromatic rings. The maximum absolute atomic E-state index is 13.3. The molecule has 0 spiro atoms. The van der Waals surface area contributed by atoms with Crippen LogP contribution >= 0.6 is 11.6 Å². The quantitative estimate of drug-likeness (QED) is 0.623. The molecule has 4 heterocycles. The summed E-state index contributed by atoms with van der Waals surface area (Å²) >= 11 is 6.12. The molecule has 3 aliphatic heterocycles. The molecule has 0 saturated carbocycles. The number of fused-ring (bicyclic) bond motifs is 1. The predicted octanol–water partition coefficient (Wildman–Crippen LogP) is 2.91. The van der Waals surface area contributed by atoms with Crippen LogP contribution < -0.4 is 9.80 Å². The molecule has 5 rings (SSSR count). The second kappa shape index (κ2) is 9.52. The third kappa shape index (κ3) is 4.50. The minimum atomic E-state index is -0.547. The van der Waals surface area contributed by atoms with Crippen molar-refractivity contribution in [3.05, 3.63) is 46.1 Å². The second-order valence-corrected chi connectivity index (χ2v) is 10.6. The molecule has 3 aliphatic rings. The molecule has 1 atom stereocenters. The first-order valence-corrected chi connectivity index (χ1v) is 12.9. The van der Waals surface area contributed by atoms with E-state index in [0.717, 1.165) is 16.9 Å². The fourth-order valence-electron chi connectivity index (χ4n) is 5.23. The maximum atomic E-state index is 13.3. The molecule has 0 radical (unpaired) electrons. The highest BCUT2D eigenvalue weighted by Gasteiger charge is 2.40. The molecule has 2 fully saturated rings. The number of hydrogen-bond acceptors (Lipinski definition) is 7. The van der Waals surface area contributed by atoms with Crippen molar-refractivity contribution in [3.8, 4) is 0 Å². The van der Waals surface area contributed by atoms with Crippen LogP contribution in [0.5, 0.6) is 0 Å². The van der Waals surface area contributed by atoms with Crippen molar-refractivity contribution in [2.24, 2.45) is 0 Å². The van der Waals surface area contributed by atoms with Crippen LogP contribution in [0.25, 0.3) is 0 Å². The third-order valence-corrected chi connectivity index (χ3v) is 7.68. The number of carbonyl (C=O) groups excluding carboxylic acids is 2. The van der Waals surface area contributed by atoms with Crippen molar-refractivity contribution in [2.75, 3.05) is 55.7 Å². The van der Waals surface area contributed by atoms with Crippen molar-refractivity contribution < 1.29 is 14.3 Å². The van der Waals surface area contributed by atoms with Gasteiger partial charge in [-0.3, -0.25) is 9.59 Å². The van der Waals surface area contributed by atoms with Gasteiger partial charge in [-0.25, -0.2) is 4.98 Å². The lowest BCUT2D eigenvalue weighted by Gasteiger charge is -2.42. The van der Waals surface area contributed by atoms with Gasteiger partial charge < -0.3 is 24.3 Å². The highest BCUT2D eigenvalue weighted by Crippen LogP contribution is 2.37. The summed E-state index contributed by atoms with van der Waals surface area (Å²) in [5.41, 5.74) is 1.86. The number of nitrogens with zero attached hydrogens (tertiary/aromatic N) is 6. The number of aromatic nitrogens is 2. The highest BCUT2D eigenvalue weighted by atomic mass is 35.5. The Bertz CT molecular complexity index is 1170. The van der Waals surface area contributed by atoms with Crippen molar-refractivity contribution in [1.82, 2.24) is 19.8 Å². The van der Waals surface area contributed by atoms with Gasteiger partial charge in [0.05, 0.1) is 19.7 Å². The summed E-state index contributed by atoms with van der Waals surface area (Å²) < 4.78 is 6.27. The number of anilines is 2. The van der Waals surface area contributed by atoms with Gasteiger partial charge in [-0.2, -0.15) is 4.98 Å². The van der Waals surface area contributed by atoms with Crippen molar-refractivity contribution in [3.63, 3.8) is 0 Å². The molecular weight excluding hydrogens is 480 g/mol. The monoisotopic (exact) mass is 512 g/mol. The summed E-state index contributed by atoms with van der Waals surface area (Å²) in [6, 6.07) is 7.82. The molecule has 0 N–H and O–H groups in total. The van der Waals surface area contributed by atoms with Gasteiger partial charge in [0.2, 0.25) is 11.9 Å². The molecule has 1 aromatic heterocycles. The van der Waals surface area contributed by atoms with Crippen LogP contribution in [-0.2, 0) is 21.7 Å². The third-order valence-electron chi connectivity index (χ3n) is 7.43. The first-order chi connectivity index (χ1) is 17.2. The molecule has 0 aliphatic carbocycles. The van der Waals surface area contributed by atoms with Crippen LogP contribution in [0.2, 0.25) is 5.02 Å². The van der Waals surface area contributed by atoms with Crippen LogP contribution in [-0.4, -0.2) is 83.5 Å². The van der Waals surface area contributed by atoms with E-state index in [0.29, 0.717) is 69.1 Å². The summed E-state index contributed by atoms with van der Waals surface area (Å²) in [6.07, 6.45) is 0. The van der Waals surface area contributed by atoms with Gasteiger partial charge in [0.15, 0.2) is 0 Å². The van der Waals surface area contributed by atoms with Gasteiger partial charge in [-0.15, -0.1) is 0 Å². The fourth-order valence-corrected chi connectivity index (χ4v) is 5.36. The number of morpholine rings is 1. The zero-order chi connectivity index (χ0) is 25.6. The highest BCUT2D eigenvalue weighted by molar-refractivity contribution is 6.30. The van der Waals surface area contributed by atoms with Gasteiger partial charge >= 0.3 is 0 Å². The molecule has 0 bridgehead atoms. The Kier molecular flexibility index (Phi) is 6.55. The topological polar surface area (TPSA) is 82.1 Å². The van der Waals surface area contributed by atoms with E-state index in [1.807, 2.05) is 47.9 Å². The number of rotatable bonds is 4. The Morgan fingerprint density at radius 1 is 1.06 bits per heavy atom. The zero-order valence-corrected chi connectivity index (χ0v) is 22.1. The number of benzene rings is 1. The van der Waals surface area contributed by atoms with E-state index < -0.39 is 5.60 Å². The number of hydrogen-bond donors (Lipinski definition) is 0. The van der Waals surface area contributed by atoms with Crippen LogP contribution in [0.15, 0.2) is 24.3 Å². The standard InChI is InChI=1S/C26H33ClN6O3/c1-17(2)33-15-21-22(24(33)35)28-25(31-11-9-30(10-12-31)18(3)34)29-23(21)32-13-14-36-26(4,16-32)19-5-7-20(27)8-6-19/h5-8,17H,9-16H2,1-4H3. The summed E-state index contributed by atoms with van der Waals surface area (Å²) in [5, 5.41) is 0.686. The van der Waals surface area contributed by atoms with E-state index in [1.54, 1.807) is 6.92 Å². The minimum Gasteiger partial charge on any atom is -0.367 e. The molecule has 2 saturated heterocycles. The Morgan fingerprint density at radius 2 is 1.75 bits per heavy atom. The number of amides is 2. The number of halogens is 1. The summed E-state index contributed by atoms with van der Waals surface area (Å²) in [6.45, 7) is 12.5. The second-order valence-electron chi connectivity index (χ2n) is 10.2. The van der Waals surface area contributed by atoms with E-state index >= 15 is 0 Å². The van der Waals surface area contributed by atoms with Crippen LogP contribution in [0.1, 0.15) is 49.3 Å². The largest absolute Gasteiger partial charge is 0.367 e. The first kappa shape index (κ1) is 24.8. The molecular formula is C26H33ClN6O3. The van der Waals surface area contributed by atoms with Crippen LogP contribution in [0.4, 0.5) is 11.8 Å². The van der Waals surface area contributed by atoms with Crippen LogP contribution in [0, 0.1) is 0 Å². The molecule has 10 heteroatoms. The molecule has 9 nitrogen and oxygen atoms in total. The zero-order valence-electron chi connectivity index (χ0n) is 21.3. The van der Waals surface area contributed by atoms with Crippen molar-refractivity contribution in [2.45, 2.75) is 45.9 Å². The Morgan fingerprint density at radius 3 is 2.39 bits per heavy atom. The van der Waals surface area contributed by atoms with Gasteiger partial charge in [-0.05, 0) is 38.5 Å². The Labute approximate surface area is 217 Å². The maximum Gasteiger partial charge on any atom is 0.273 e. The number of carbonyl (C=O) groups is 2. The SMILES string of the molecule is CC(=O)N1CCN(c2nc3c(c(N4CCOC(C)(c5ccc(Cl)cc5)C4)n2)CN(C(C)C)C3=O)CC1. The number of piperazine rings is 1. The van der Waals surface area contributed by atoms with E-state index in [9.17, 15) is 9.59 Å². The van der Waals surface area contributed by atoms with Gasteiger partial charge in [-0.1, -0.05) is 23.7 Å². The lowest BCUT2D eigenvalue weighted by molar-refractivity contribution is -0.129. The summed E-state index contributed by atoms with van der Waals surface area (Å²) in [5.74, 6) is 1.36. The van der Waals surface area contributed by atoms with Crippen molar-refractivity contribution in [1.29, 1.82) is 0 Å². The summed E-state index contributed by atoms with van der Waals surface area (Å²) in [7, 11) is 0. The van der Waals surface area contributed by atoms with Gasteiger partial charge in [0.1, 0.15) is 17.1 Å². The lowest BCUT2D eigenvalue weighted by atomic mass is 9.93. The van der Waals surface area contributed by atoms with Gasteiger partial charge in [0, 0.05) is 56.3 Å². The predicted molar refractivity (Wildman–Crippen MR) is 138 cm³/mol. The molecule has 1 unspecified atom stereocenters. The normalized spacial score (nSPS) is 22.4. The Balaban J connectivity index is 1.50. The Hall–Kier alpha value is -2.91. The molecule has 36 heavy (non-hydrogen) atoms. The van der Waals surface area contributed by atoms with Crippen LogP contribution in [0.3, 0.4) is 0 Å². The summed E-state index contributed by atoms with van der Waals surface area (Å²) in [4.78, 5) is 42.9. The van der Waals surface area contributed by atoms with E-state index in [4.69, 9.17) is 26.3 Å². The molecule has 1 aromatic carbocycles. The van der Waals surface area contributed by atoms with E-state index in [1.165, 1.54) is 0 Å². The van der Waals surface area contributed by atoms with Crippen molar-refractivity contribution >= 4 is 35.2 Å². The lowest BCUT2D eigenvalue weighted by Crippen LogP contribution is -2.50. The average molecular weight is 513 g/mol. The smallest absolute Gasteiger partial charge is 0.273 e. The first-order valence-electron chi connectivity index (χ1n) is 12.5. The van der Waals surface area contributed by atoms with E-state index in [2.05, 4.69) is 16.7 Å². The number of ether oxygens (including phenoxy) is 1. The minimum absolute atomic E-state index is 0.0546.